The highest BCUT2D eigenvalue weighted by atomic mass is 32.2. The van der Waals surface area contributed by atoms with Gasteiger partial charge >= 0.3 is 0 Å². The zero-order valence-corrected chi connectivity index (χ0v) is 12.2. The van der Waals surface area contributed by atoms with Crippen molar-refractivity contribution in [1.82, 2.24) is 9.80 Å². The van der Waals surface area contributed by atoms with Crippen LogP contribution in [0.15, 0.2) is 12.7 Å². The van der Waals surface area contributed by atoms with Gasteiger partial charge in [0.2, 0.25) is 11.8 Å². The predicted octanol–water partition coefficient (Wildman–Crippen LogP) is 0.650. The summed E-state index contributed by atoms with van der Waals surface area (Å²) in [7, 11) is 0. The molecule has 19 heavy (non-hydrogen) atoms. The van der Waals surface area contributed by atoms with Gasteiger partial charge < -0.3 is 9.64 Å². The molecule has 7 heteroatoms. The summed E-state index contributed by atoms with van der Waals surface area (Å²) in [6.07, 6.45) is 1.84. The molecule has 0 aromatic heterocycles. The van der Waals surface area contributed by atoms with E-state index in [1.165, 1.54) is 16.7 Å². The van der Waals surface area contributed by atoms with Gasteiger partial charge in [-0.2, -0.15) is 0 Å². The molecule has 0 saturated carbocycles. The van der Waals surface area contributed by atoms with Gasteiger partial charge in [-0.15, -0.1) is 6.58 Å². The average Bonchev–Trinajstić information content (AvgIpc) is 2.68. The summed E-state index contributed by atoms with van der Waals surface area (Å²) < 4.78 is 5.73. The van der Waals surface area contributed by atoms with Crippen molar-refractivity contribution in [2.24, 2.45) is 0 Å². The molecule has 0 radical (unpaired) electrons. The number of rotatable bonds is 4. The summed E-state index contributed by atoms with van der Waals surface area (Å²) in [6.45, 7) is 6.35. The van der Waals surface area contributed by atoms with E-state index in [2.05, 4.69) is 6.58 Å². The lowest BCUT2D eigenvalue weighted by Gasteiger charge is -2.27. The van der Waals surface area contributed by atoms with Gasteiger partial charge in [-0.1, -0.05) is 30.1 Å². The van der Waals surface area contributed by atoms with Gasteiger partial charge in [0.05, 0.1) is 18.5 Å². The van der Waals surface area contributed by atoms with Gasteiger partial charge in [0.15, 0.2) is 0 Å². The molecule has 0 N–H and O–H groups in total. The lowest BCUT2D eigenvalue weighted by molar-refractivity contribution is -0.137. The lowest BCUT2D eigenvalue weighted by Crippen LogP contribution is -2.42. The number of amides is 2. The molecule has 104 valence electrons. The third-order valence-electron chi connectivity index (χ3n) is 3.04. The molecule has 0 aliphatic carbocycles. The van der Waals surface area contributed by atoms with Crippen LogP contribution in [0, 0.1) is 0 Å². The fraction of sp³-hybridized carbons (Fsp3) is 0.583. The first-order valence-electron chi connectivity index (χ1n) is 6.12. The number of carbonyl (C=O) groups is 2. The lowest BCUT2D eigenvalue weighted by atomic mass is 10.2. The van der Waals surface area contributed by atoms with Crippen molar-refractivity contribution >= 4 is 40.1 Å². The number of thioether (sulfide) groups is 1. The second kappa shape index (κ2) is 6.49. The van der Waals surface area contributed by atoms with Crippen LogP contribution in [0.5, 0.6) is 0 Å². The minimum atomic E-state index is -0.386. The molecule has 0 bridgehead atoms. The van der Waals surface area contributed by atoms with Crippen molar-refractivity contribution in [3.8, 4) is 0 Å². The van der Waals surface area contributed by atoms with Crippen molar-refractivity contribution in [2.45, 2.75) is 11.7 Å². The van der Waals surface area contributed by atoms with E-state index in [9.17, 15) is 9.59 Å². The van der Waals surface area contributed by atoms with Crippen molar-refractivity contribution in [2.75, 3.05) is 32.8 Å². The van der Waals surface area contributed by atoms with E-state index in [-0.39, 0.29) is 23.5 Å². The predicted molar refractivity (Wildman–Crippen MR) is 77.9 cm³/mol. The summed E-state index contributed by atoms with van der Waals surface area (Å²) in [4.78, 5) is 27.4. The minimum absolute atomic E-state index is 0.00240. The highest BCUT2D eigenvalue weighted by Crippen LogP contribution is 2.29. The van der Waals surface area contributed by atoms with Crippen LogP contribution < -0.4 is 0 Å². The van der Waals surface area contributed by atoms with E-state index in [0.29, 0.717) is 37.2 Å². The van der Waals surface area contributed by atoms with E-state index in [1.807, 2.05) is 0 Å². The summed E-state index contributed by atoms with van der Waals surface area (Å²) in [5, 5.41) is -0.386. The van der Waals surface area contributed by atoms with E-state index >= 15 is 0 Å². The molecule has 5 nitrogen and oxygen atoms in total. The Kier molecular flexibility index (Phi) is 4.95. The van der Waals surface area contributed by atoms with E-state index in [0.717, 1.165) is 0 Å². The smallest absolute Gasteiger partial charge is 0.242 e. The standard InChI is InChI=1S/C12H16N2O3S2/c1-2-3-14-11(16)9(19-12(14)18)8-10(15)13-4-6-17-7-5-13/h2,9H,1,3-8H2. The maximum atomic E-state index is 12.1. The Labute approximate surface area is 121 Å². The Hall–Kier alpha value is -0.920. The Morgan fingerprint density at radius 1 is 1.53 bits per heavy atom. The van der Waals surface area contributed by atoms with E-state index in [1.54, 1.807) is 11.0 Å². The van der Waals surface area contributed by atoms with Gasteiger partial charge in [-0.3, -0.25) is 14.5 Å². The first kappa shape index (κ1) is 14.5. The van der Waals surface area contributed by atoms with E-state index < -0.39 is 0 Å². The fourth-order valence-electron chi connectivity index (χ4n) is 2.02. The van der Waals surface area contributed by atoms with Crippen molar-refractivity contribution < 1.29 is 14.3 Å². The highest BCUT2D eigenvalue weighted by molar-refractivity contribution is 8.24. The molecule has 2 amide bonds. The topological polar surface area (TPSA) is 49.9 Å². The molecule has 2 saturated heterocycles. The molecule has 2 aliphatic rings. The zero-order valence-electron chi connectivity index (χ0n) is 10.5. The number of morpholine rings is 1. The van der Waals surface area contributed by atoms with Crippen LogP contribution in [0.25, 0.3) is 0 Å². The van der Waals surface area contributed by atoms with Gasteiger partial charge in [0.1, 0.15) is 4.32 Å². The third kappa shape index (κ3) is 3.34. The Balaban J connectivity index is 1.92. The number of hydrogen-bond acceptors (Lipinski definition) is 5. The summed E-state index contributed by atoms with van der Waals surface area (Å²) in [5.74, 6) is -0.0890. The average molecular weight is 300 g/mol. The minimum Gasteiger partial charge on any atom is -0.378 e. The second-order valence-electron chi connectivity index (χ2n) is 4.31. The molecule has 0 aromatic carbocycles. The van der Waals surface area contributed by atoms with Crippen LogP contribution in [0.2, 0.25) is 0 Å². The molecule has 2 heterocycles. The maximum absolute atomic E-state index is 12.1. The summed E-state index contributed by atoms with van der Waals surface area (Å²) in [5.41, 5.74) is 0. The van der Waals surface area contributed by atoms with Crippen LogP contribution in [0.4, 0.5) is 0 Å². The van der Waals surface area contributed by atoms with Crippen LogP contribution in [0.1, 0.15) is 6.42 Å². The SMILES string of the molecule is C=CCN1C(=O)C(CC(=O)N2CCOCC2)SC1=S. The largest absolute Gasteiger partial charge is 0.378 e. The second-order valence-corrected chi connectivity index (χ2v) is 6.14. The molecule has 0 aromatic rings. The number of carbonyl (C=O) groups excluding carboxylic acids is 2. The first-order chi connectivity index (χ1) is 9.13. The van der Waals surface area contributed by atoms with Crippen molar-refractivity contribution in [3.05, 3.63) is 12.7 Å². The number of thiocarbonyl (C=S) groups is 1. The Morgan fingerprint density at radius 2 is 2.21 bits per heavy atom. The van der Waals surface area contributed by atoms with E-state index in [4.69, 9.17) is 17.0 Å². The zero-order chi connectivity index (χ0) is 13.8. The van der Waals surface area contributed by atoms with Gasteiger partial charge in [-0.05, 0) is 0 Å². The van der Waals surface area contributed by atoms with Crippen LogP contribution in [-0.2, 0) is 14.3 Å². The maximum Gasteiger partial charge on any atom is 0.242 e. The Bertz CT molecular complexity index is 408. The molecule has 2 fully saturated rings. The van der Waals surface area contributed by atoms with Crippen molar-refractivity contribution in [1.29, 1.82) is 0 Å². The molecule has 2 rings (SSSR count). The van der Waals surface area contributed by atoms with Crippen molar-refractivity contribution in [3.63, 3.8) is 0 Å². The molecule has 1 atom stereocenters. The fourth-order valence-corrected chi connectivity index (χ4v) is 3.52. The van der Waals surface area contributed by atoms with Crippen LogP contribution in [-0.4, -0.2) is 64.0 Å². The van der Waals surface area contributed by atoms with Gasteiger partial charge in [-0.25, -0.2) is 0 Å². The first-order valence-corrected chi connectivity index (χ1v) is 7.40. The van der Waals surface area contributed by atoms with Crippen LogP contribution in [0.3, 0.4) is 0 Å². The number of nitrogens with zero attached hydrogens (tertiary/aromatic N) is 2. The Morgan fingerprint density at radius 3 is 2.84 bits per heavy atom. The van der Waals surface area contributed by atoms with Gasteiger partial charge in [0.25, 0.3) is 0 Å². The number of hydrogen-bond donors (Lipinski definition) is 0. The summed E-state index contributed by atoms with van der Waals surface area (Å²) in [6, 6.07) is 0. The molecular formula is C12H16N2O3S2. The third-order valence-corrected chi connectivity index (χ3v) is 4.62. The monoisotopic (exact) mass is 300 g/mol. The molecule has 0 spiro atoms. The molecule has 2 aliphatic heterocycles. The molecular weight excluding hydrogens is 284 g/mol. The normalized spacial score (nSPS) is 23.9. The molecule has 1 unspecified atom stereocenters. The quantitative estimate of drug-likeness (QED) is 0.564. The summed E-state index contributed by atoms with van der Waals surface area (Å²) >= 11 is 6.44. The number of ether oxygens (including phenoxy) is 1. The highest BCUT2D eigenvalue weighted by Gasteiger charge is 2.38. The van der Waals surface area contributed by atoms with Gasteiger partial charge in [0, 0.05) is 26.1 Å². The van der Waals surface area contributed by atoms with Crippen LogP contribution >= 0.6 is 24.0 Å².